The monoisotopic (exact) mass is 343 g/mol. The molecule has 0 fully saturated rings. The van der Waals surface area contributed by atoms with Crippen molar-refractivity contribution in [3.8, 4) is 11.4 Å². The molecule has 1 N–H and O–H groups in total. The fourth-order valence-corrected chi connectivity index (χ4v) is 2.92. The number of amides is 1. The van der Waals surface area contributed by atoms with Crippen molar-refractivity contribution in [2.45, 2.75) is 13.3 Å². The van der Waals surface area contributed by atoms with Crippen molar-refractivity contribution in [3.63, 3.8) is 0 Å². The van der Waals surface area contributed by atoms with E-state index in [0.29, 0.717) is 24.3 Å². The number of hydrogen-bond donors (Lipinski definition) is 1. The summed E-state index contributed by atoms with van der Waals surface area (Å²) >= 11 is 1.54. The Balaban J connectivity index is 1.63. The number of rotatable bonds is 6. The first kappa shape index (κ1) is 16.1. The SMILES string of the molecule is COc1ccccc1-n1cc(C(=O)NCCc2nnc(C)s2)cn1. The lowest BCUT2D eigenvalue weighted by Gasteiger charge is -2.07. The van der Waals surface area contributed by atoms with Crippen molar-refractivity contribution in [2.24, 2.45) is 0 Å². The molecular formula is C16H17N5O2S. The molecule has 7 nitrogen and oxygen atoms in total. The van der Waals surface area contributed by atoms with Gasteiger partial charge < -0.3 is 10.1 Å². The molecule has 0 unspecified atom stereocenters. The zero-order chi connectivity index (χ0) is 16.9. The molecule has 0 aliphatic rings. The van der Waals surface area contributed by atoms with Crippen LogP contribution in [0.1, 0.15) is 20.4 Å². The first-order valence-corrected chi connectivity index (χ1v) is 8.24. The number of benzene rings is 1. The summed E-state index contributed by atoms with van der Waals surface area (Å²) in [4.78, 5) is 12.2. The summed E-state index contributed by atoms with van der Waals surface area (Å²) < 4.78 is 6.94. The van der Waals surface area contributed by atoms with Crippen LogP contribution in [0.25, 0.3) is 5.69 Å². The highest BCUT2D eigenvalue weighted by Crippen LogP contribution is 2.21. The van der Waals surface area contributed by atoms with Gasteiger partial charge in [0.1, 0.15) is 21.5 Å². The molecule has 1 amide bonds. The highest BCUT2D eigenvalue weighted by atomic mass is 32.1. The second kappa shape index (κ2) is 7.22. The van der Waals surface area contributed by atoms with E-state index in [1.165, 1.54) is 17.5 Å². The summed E-state index contributed by atoms with van der Waals surface area (Å²) in [5.74, 6) is 0.525. The van der Waals surface area contributed by atoms with Gasteiger partial charge in [0.05, 0.1) is 18.9 Å². The van der Waals surface area contributed by atoms with Gasteiger partial charge in [0, 0.05) is 19.2 Å². The minimum Gasteiger partial charge on any atom is -0.494 e. The zero-order valence-corrected chi connectivity index (χ0v) is 14.2. The van der Waals surface area contributed by atoms with Crippen LogP contribution in [0, 0.1) is 6.92 Å². The smallest absolute Gasteiger partial charge is 0.254 e. The van der Waals surface area contributed by atoms with Crippen LogP contribution in [0.2, 0.25) is 0 Å². The predicted octanol–water partition coefficient (Wildman–Crippen LogP) is 2.01. The molecule has 3 rings (SSSR count). The van der Waals surface area contributed by atoms with Gasteiger partial charge in [-0.3, -0.25) is 4.79 Å². The Bertz CT molecular complexity index is 842. The van der Waals surface area contributed by atoms with Crippen molar-refractivity contribution in [1.82, 2.24) is 25.3 Å². The average molecular weight is 343 g/mol. The molecule has 2 aromatic heterocycles. The minimum absolute atomic E-state index is 0.169. The maximum absolute atomic E-state index is 12.2. The van der Waals surface area contributed by atoms with Crippen molar-refractivity contribution in [1.29, 1.82) is 0 Å². The second-order valence-electron chi connectivity index (χ2n) is 5.07. The number of aromatic nitrogens is 4. The molecule has 0 saturated carbocycles. The third kappa shape index (κ3) is 3.60. The Morgan fingerprint density at radius 2 is 2.17 bits per heavy atom. The number of carbonyl (C=O) groups excluding carboxylic acids is 1. The standard InChI is InChI=1S/C16H17N5O2S/c1-11-19-20-15(24-11)7-8-17-16(22)12-9-18-21(10-12)13-5-3-4-6-14(13)23-2/h3-6,9-10H,7-8H2,1-2H3,(H,17,22). The van der Waals surface area contributed by atoms with Crippen LogP contribution < -0.4 is 10.1 Å². The summed E-state index contributed by atoms with van der Waals surface area (Å²) in [5.41, 5.74) is 1.28. The Kier molecular flexibility index (Phi) is 4.85. The van der Waals surface area contributed by atoms with E-state index >= 15 is 0 Å². The molecule has 1 aromatic carbocycles. The first-order chi connectivity index (χ1) is 11.7. The molecular weight excluding hydrogens is 326 g/mol. The van der Waals surface area contributed by atoms with Gasteiger partial charge in [-0.15, -0.1) is 21.5 Å². The number of hydrogen-bond acceptors (Lipinski definition) is 6. The molecule has 0 aliphatic heterocycles. The number of para-hydroxylation sites is 2. The van der Waals surface area contributed by atoms with Crippen molar-refractivity contribution < 1.29 is 9.53 Å². The van der Waals surface area contributed by atoms with Gasteiger partial charge in [-0.2, -0.15) is 5.10 Å². The van der Waals surface area contributed by atoms with Crippen LogP contribution in [0.4, 0.5) is 0 Å². The Morgan fingerprint density at radius 3 is 2.92 bits per heavy atom. The third-order valence-electron chi connectivity index (χ3n) is 3.37. The number of nitrogens with zero attached hydrogens (tertiary/aromatic N) is 4. The van der Waals surface area contributed by atoms with E-state index < -0.39 is 0 Å². The highest BCUT2D eigenvalue weighted by Gasteiger charge is 2.11. The van der Waals surface area contributed by atoms with Gasteiger partial charge in [-0.05, 0) is 19.1 Å². The number of carbonyl (C=O) groups is 1. The minimum atomic E-state index is -0.169. The fourth-order valence-electron chi connectivity index (χ4n) is 2.21. The van der Waals surface area contributed by atoms with Gasteiger partial charge in [0.2, 0.25) is 0 Å². The normalized spacial score (nSPS) is 10.6. The molecule has 0 saturated heterocycles. The van der Waals surface area contributed by atoms with E-state index in [1.807, 2.05) is 31.2 Å². The number of aryl methyl sites for hydroxylation is 1. The molecule has 3 aromatic rings. The quantitative estimate of drug-likeness (QED) is 0.740. The molecule has 0 atom stereocenters. The molecule has 0 radical (unpaired) electrons. The van der Waals surface area contributed by atoms with Crippen LogP contribution >= 0.6 is 11.3 Å². The third-order valence-corrected chi connectivity index (χ3v) is 4.27. The lowest BCUT2D eigenvalue weighted by Crippen LogP contribution is -2.25. The van der Waals surface area contributed by atoms with Crippen molar-refractivity contribution in [2.75, 3.05) is 13.7 Å². The molecule has 124 valence electrons. The van der Waals surface area contributed by atoms with Gasteiger partial charge in [-0.1, -0.05) is 12.1 Å². The molecule has 0 spiro atoms. The zero-order valence-electron chi connectivity index (χ0n) is 13.4. The van der Waals surface area contributed by atoms with Crippen LogP contribution in [0.15, 0.2) is 36.7 Å². The summed E-state index contributed by atoms with van der Waals surface area (Å²) in [6.07, 6.45) is 3.89. The van der Waals surface area contributed by atoms with Crippen LogP contribution in [0.5, 0.6) is 5.75 Å². The average Bonchev–Trinajstić information content (AvgIpc) is 3.24. The van der Waals surface area contributed by atoms with Crippen LogP contribution in [-0.4, -0.2) is 39.5 Å². The Labute approximate surface area is 143 Å². The number of nitrogens with one attached hydrogen (secondary N) is 1. The van der Waals surface area contributed by atoms with E-state index in [2.05, 4.69) is 20.6 Å². The van der Waals surface area contributed by atoms with Crippen molar-refractivity contribution in [3.05, 3.63) is 52.2 Å². The summed E-state index contributed by atoms with van der Waals surface area (Å²) in [5, 5.41) is 16.9. The maximum Gasteiger partial charge on any atom is 0.254 e. The highest BCUT2D eigenvalue weighted by molar-refractivity contribution is 7.11. The van der Waals surface area contributed by atoms with Crippen molar-refractivity contribution >= 4 is 17.2 Å². The van der Waals surface area contributed by atoms with Gasteiger partial charge in [0.15, 0.2) is 0 Å². The van der Waals surface area contributed by atoms with Gasteiger partial charge in [0.25, 0.3) is 5.91 Å². The van der Waals surface area contributed by atoms with Crippen LogP contribution in [-0.2, 0) is 6.42 Å². The fraction of sp³-hybridized carbons (Fsp3) is 0.250. The largest absolute Gasteiger partial charge is 0.494 e. The molecule has 0 bridgehead atoms. The van der Waals surface area contributed by atoms with Crippen LogP contribution in [0.3, 0.4) is 0 Å². The van der Waals surface area contributed by atoms with E-state index in [-0.39, 0.29) is 5.91 Å². The summed E-state index contributed by atoms with van der Waals surface area (Å²) in [6.45, 7) is 2.42. The molecule has 24 heavy (non-hydrogen) atoms. The molecule has 8 heteroatoms. The van der Waals surface area contributed by atoms with Gasteiger partial charge in [-0.25, -0.2) is 4.68 Å². The lowest BCUT2D eigenvalue weighted by molar-refractivity contribution is 0.0954. The molecule has 2 heterocycles. The van der Waals surface area contributed by atoms with E-state index in [1.54, 1.807) is 18.0 Å². The van der Waals surface area contributed by atoms with Gasteiger partial charge >= 0.3 is 0 Å². The Hall–Kier alpha value is -2.74. The first-order valence-electron chi connectivity index (χ1n) is 7.42. The Morgan fingerprint density at radius 1 is 1.33 bits per heavy atom. The summed E-state index contributed by atoms with van der Waals surface area (Å²) in [7, 11) is 1.60. The maximum atomic E-state index is 12.2. The topological polar surface area (TPSA) is 81.9 Å². The van der Waals surface area contributed by atoms with E-state index in [9.17, 15) is 4.79 Å². The predicted molar refractivity (Wildman–Crippen MR) is 90.8 cm³/mol. The lowest BCUT2D eigenvalue weighted by atomic mass is 10.3. The summed E-state index contributed by atoms with van der Waals surface area (Å²) in [6, 6.07) is 7.50. The van der Waals surface area contributed by atoms with E-state index in [0.717, 1.165) is 15.7 Å². The number of ether oxygens (including phenoxy) is 1. The molecule has 0 aliphatic carbocycles. The number of methoxy groups -OCH3 is 1. The second-order valence-corrected chi connectivity index (χ2v) is 6.33. The van der Waals surface area contributed by atoms with E-state index in [4.69, 9.17) is 4.74 Å².